The molecule has 0 spiro atoms. The molecule has 0 aliphatic heterocycles. The van der Waals surface area contributed by atoms with Gasteiger partial charge in [-0.3, -0.25) is 4.68 Å². The van der Waals surface area contributed by atoms with E-state index in [-0.39, 0.29) is 0 Å². The number of aromatic nitrogens is 2. The fourth-order valence-corrected chi connectivity index (χ4v) is 1.00. The van der Waals surface area contributed by atoms with Gasteiger partial charge in [0.05, 0.1) is 0 Å². The molecule has 1 heterocycles. The van der Waals surface area contributed by atoms with Crippen molar-refractivity contribution in [1.82, 2.24) is 9.78 Å². The minimum atomic E-state index is -2.39. The third-order valence-electron chi connectivity index (χ3n) is 1.58. The molecule has 0 atom stereocenters. The number of nitrogen functional groups attached to an aromatic ring is 1. The third kappa shape index (κ3) is 4.18. The van der Waals surface area contributed by atoms with Crippen molar-refractivity contribution in [2.75, 3.05) is 18.9 Å². The molecule has 1 rings (SSSR count). The molecule has 0 amide bonds. The summed E-state index contributed by atoms with van der Waals surface area (Å²) in [6.07, 6.45) is -0.00799. The van der Waals surface area contributed by atoms with Crippen LogP contribution in [-0.4, -0.2) is 29.4 Å². The van der Waals surface area contributed by atoms with Crippen molar-refractivity contribution >= 4 is 5.82 Å². The first kappa shape index (κ1) is 10.9. The Balaban J connectivity index is 2.04. The van der Waals surface area contributed by atoms with Crippen LogP contribution < -0.4 is 5.73 Å². The Bertz CT molecular complexity index is 265. The first-order chi connectivity index (χ1) is 6.68. The molecule has 0 unspecified atom stereocenters. The molecule has 0 aliphatic rings. The van der Waals surface area contributed by atoms with Gasteiger partial charge in [-0.15, -0.1) is 0 Å². The fraction of sp³-hybridized carbons (Fsp3) is 0.625. The topological polar surface area (TPSA) is 53.1 Å². The minimum Gasteiger partial charge on any atom is -0.382 e. The summed E-state index contributed by atoms with van der Waals surface area (Å²) < 4.78 is 29.6. The summed E-state index contributed by atoms with van der Waals surface area (Å²) in [7, 11) is 0. The number of hydrogen-bond donors (Lipinski definition) is 1. The monoisotopic (exact) mass is 205 g/mol. The van der Waals surface area contributed by atoms with E-state index in [0.717, 1.165) is 0 Å². The molecular weight excluding hydrogens is 192 g/mol. The average molecular weight is 205 g/mol. The summed E-state index contributed by atoms with van der Waals surface area (Å²) >= 11 is 0. The molecule has 0 saturated heterocycles. The number of ether oxygens (including phenoxy) is 1. The Morgan fingerprint density at radius 1 is 1.57 bits per heavy atom. The van der Waals surface area contributed by atoms with Crippen LogP contribution in [0.5, 0.6) is 0 Å². The molecule has 0 aromatic carbocycles. The van der Waals surface area contributed by atoms with Gasteiger partial charge in [-0.25, -0.2) is 8.78 Å². The molecule has 0 radical (unpaired) electrons. The van der Waals surface area contributed by atoms with Gasteiger partial charge in [0.25, 0.3) is 6.43 Å². The fourth-order valence-electron chi connectivity index (χ4n) is 1.00. The smallest absolute Gasteiger partial charge is 0.261 e. The molecule has 80 valence electrons. The van der Waals surface area contributed by atoms with Gasteiger partial charge in [-0.05, 0) is 12.5 Å². The average Bonchev–Trinajstić information content (AvgIpc) is 2.50. The van der Waals surface area contributed by atoms with Crippen molar-refractivity contribution < 1.29 is 13.5 Å². The van der Waals surface area contributed by atoms with Gasteiger partial charge >= 0.3 is 0 Å². The number of hydrogen-bond acceptors (Lipinski definition) is 3. The van der Waals surface area contributed by atoms with E-state index in [0.29, 0.717) is 25.4 Å². The summed E-state index contributed by atoms with van der Waals surface area (Å²) in [5.41, 5.74) is 5.39. The van der Waals surface area contributed by atoms with Crippen LogP contribution >= 0.6 is 0 Å². The van der Waals surface area contributed by atoms with Crippen LogP contribution in [0.15, 0.2) is 12.3 Å². The standard InChI is InChI=1S/C8H13F2N3O/c9-7(10)6-14-5-1-3-13-4-2-8(11)12-13/h2,4,7H,1,3,5-6H2,(H2,11,12). The van der Waals surface area contributed by atoms with E-state index in [1.165, 1.54) is 0 Å². The molecule has 1 aromatic heterocycles. The summed E-state index contributed by atoms with van der Waals surface area (Å²) in [5.74, 6) is 0.457. The number of aryl methyl sites for hydroxylation is 1. The van der Waals surface area contributed by atoms with Gasteiger partial charge in [0.2, 0.25) is 0 Å². The number of nitrogens with two attached hydrogens (primary N) is 1. The van der Waals surface area contributed by atoms with Crippen LogP contribution in [0.4, 0.5) is 14.6 Å². The molecule has 14 heavy (non-hydrogen) atoms. The maximum Gasteiger partial charge on any atom is 0.261 e. The van der Waals surface area contributed by atoms with Crippen molar-refractivity contribution in [2.24, 2.45) is 0 Å². The Labute approximate surface area is 80.6 Å². The zero-order valence-corrected chi connectivity index (χ0v) is 7.70. The molecule has 0 saturated carbocycles. The Morgan fingerprint density at radius 3 is 2.93 bits per heavy atom. The Hall–Kier alpha value is -1.17. The highest BCUT2D eigenvalue weighted by Crippen LogP contribution is 1.98. The van der Waals surface area contributed by atoms with Crippen LogP contribution in [0.25, 0.3) is 0 Å². The van der Waals surface area contributed by atoms with Gasteiger partial charge in [-0.2, -0.15) is 5.10 Å². The summed E-state index contributed by atoms with van der Waals surface area (Å²) in [4.78, 5) is 0. The predicted octanol–water partition coefficient (Wildman–Crippen LogP) is 1.14. The van der Waals surface area contributed by atoms with Crippen molar-refractivity contribution in [2.45, 2.75) is 19.4 Å². The largest absolute Gasteiger partial charge is 0.382 e. The molecule has 1 aromatic rings. The van der Waals surface area contributed by atoms with Gasteiger partial charge in [0.1, 0.15) is 12.4 Å². The van der Waals surface area contributed by atoms with Crippen molar-refractivity contribution in [3.8, 4) is 0 Å². The lowest BCUT2D eigenvalue weighted by Crippen LogP contribution is -2.08. The highest BCUT2D eigenvalue weighted by atomic mass is 19.3. The van der Waals surface area contributed by atoms with E-state index in [2.05, 4.69) is 5.10 Å². The number of rotatable bonds is 6. The van der Waals surface area contributed by atoms with Gasteiger partial charge < -0.3 is 10.5 Å². The molecule has 6 heteroatoms. The highest BCUT2D eigenvalue weighted by molar-refractivity contribution is 5.23. The molecule has 0 aliphatic carbocycles. The summed E-state index contributed by atoms with van der Waals surface area (Å²) in [6, 6.07) is 1.68. The van der Waals surface area contributed by atoms with E-state index < -0.39 is 13.0 Å². The Morgan fingerprint density at radius 2 is 2.36 bits per heavy atom. The van der Waals surface area contributed by atoms with Crippen LogP contribution in [0.2, 0.25) is 0 Å². The maximum absolute atomic E-state index is 11.6. The molecule has 0 fully saturated rings. The molecule has 0 bridgehead atoms. The Kier molecular flexibility index (Phi) is 4.31. The predicted molar refractivity (Wildman–Crippen MR) is 48.1 cm³/mol. The second kappa shape index (κ2) is 5.54. The van der Waals surface area contributed by atoms with Crippen LogP contribution in [0.1, 0.15) is 6.42 Å². The van der Waals surface area contributed by atoms with Crippen LogP contribution in [0.3, 0.4) is 0 Å². The van der Waals surface area contributed by atoms with E-state index in [9.17, 15) is 8.78 Å². The van der Waals surface area contributed by atoms with E-state index in [1.54, 1.807) is 16.9 Å². The third-order valence-corrected chi connectivity index (χ3v) is 1.58. The van der Waals surface area contributed by atoms with Crippen molar-refractivity contribution in [3.05, 3.63) is 12.3 Å². The minimum absolute atomic E-state index is 0.310. The lowest BCUT2D eigenvalue weighted by Gasteiger charge is -2.03. The maximum atomic E-state index is 11.6. The zero-order chi connectivity index (χ0) is 10.4. The van der Waals surface area contributed by atoms with Crippen molar-refractivity contribution in [3.63, 3.8) is 0 Å². The van der Waals surface area contributed by atoms with E-state index in [1.807, 2.05) is 0 Å². The summed E-state index contributed by atoms with van der Waals surface area (Å²) in [6.45, 7) is 0.436. The SMILES string of the molecule is Nc1ccn(CCCOCC(F)F)n1. The van der Waals surface area contributed by atoms with Crippen molar-refractivity contribution in [1.29, 1.82) is 0 Å². The van der Waals surface area contributed by atoms with Crippen LogP contribution in [0, 0.1) is 0 Å². The number of halogens is 2. The molecule has 4 nitrogen and oxygen atoms in total. The van der Waals surface area contributed by atoms with E-state index in [4.69, 9.17) is 10.5 Å². The molecule has 2 N–H and O–H groups in total. The number of anilines is 1. The van der Waals surface area contributed by atoms with Gasteiger partial charge in [-0.1, -0.05) is 0 Å². The second-order valence-electron chi connectivity index (χ2n) is 2.82. The van der Waals surface area contributed by atoms with Crippen LogP contribution in [-0.2, 0) is 11.3 Å². The zero-order valence-electron chi connectivity index (χ0n) is 7.70. The highest BCUT2D eigenvalue weighted by Gasteiger charge is 2.01. The first-order valence-electron chi connectivity index (χ1n) is 4.33. The quantitative estimate of drug-likeness (QED) is 0.708. The lowest BCUT2D eigenvalue weighted by molar-refractivity contribution is 0.0156. The lowest BCUT2D eigenvalue weighted by atomic mass is 10.4. The molecular formula is C8H13F2N3O. The number of nitrogens with zero attached hydrogens (tertiary/aromatic N) is 2. The van der Waals surface area contributed by atoms with Gasteiger partial charge in [0.15, 0.2) is 0 Å². The normalized spacial score (nSPS) is 11.1. The van der Waals surface area contributed by atoms with Gasteiger partial charge in [0, 0.05) is 19.3 Å². The van der Waals surface area contributed by atoms with E-state index >= 15 is 0 Å². The first-order valence-corrected chi connectivity index (χ1v) is 4.33. The number of alkyl halides is 2. The second-order valence-corrected chi connectivity index (χ2v) is 2.82. The summed E-state index contributed by atoms with van der Waals surface area (Å²) in [5, 5.41) is 3.93.